The predicted molar refractivity (Wildman–Crippen MR) is 77.3 cm³/mol. The summed E-state index contributed by atoms with van der Waals surface area (Å²) in [4.78, 5) is 14.2. The van der Waals surface area contributed by atoms with Gasteiger partial charge >= 0.3 is 5.97 Å². The fourth-order valence-corrected chi connectivity index (χ4v) is 2.28. The molecule has 0 aromatic heterocycles. The summed E-state index contributed by atoms with van der Waals surface area (Å²) >= 11 is 0. The van der Waals surface area contributed by atoms with Crippen molar-refractivity contribution in [3.05, 3.63) is 0 Å². The van der Waals surface area contributed by atoms with Crippen LogP contribution in [0.5, 0.6) is 0 Å². The Balaban J connectivity index is 4.55. The lowest BCUT2D eigenvalue weighted by molar-refractivity contribution is -0.148. The largest absolute Gasteiger partial charge is 0.468 e. The first-order chi connectivity index (χ1) is 8.95. The molecule has 0 amide bonds. The van der Waals surface area contributed by atoms with Gasteiger partial charge in [-0.15, -0.1) is 0 Å². The van der Waals surface area contributed by atoms with Crippen molar-refractivity contribution < 1.29 is 14.3 Å². The van der Waals surface area contributed by atoms with Gasteiger partial charge in [-0.1, -0.05) is 13.8 Å². The molecule has 1 N–H and O–H groups in total. The highest BCUT2D eigenvalue weighted by Gasteiger charge is 2.33. The Morgan fingerprint density at radius 1 is 1.37 bits per heavy atom. The number of likely N-dealkylation sites (N-methyl/N-ethyl adjacent to an activating group) is 2. The molecule has 0 saturated heterocycles. The molecular weight excluding hydrogens is 244 g/mol. The molecule has 0 bridgehead atoms. The van der Waals surface area contributed by atoms with Crippen LogP contribution in [0.4, 0.5) is 0 Å². The number of hydrogen-bond donors (Lipinski definition) is 1. The Hall–Kier alpha value is -0.650. The van der Waals surface area contributed by atoms with Crippen LogP contribution < -0.4 is 5.32 Å². The first kappa shape index (κ1) is 18.4. The molecule has 0 aromatic rings. The Morgan fingerprint density at radius 2 is 2.00 bits per heavy atom. The Kier molecular flexibility index (Phi) is 8.97. The van der Waals surface area contributed by atoms with E-state index in [1.54, 1.807) is 7.11 Å². The third kappa shape index (κ3) is 5.89. The SMILES string of the molecule is CCNC(C)(CCN(CC)C(C)COC)C(=O)OC. The van der Waals surface area contributed by atoms with Crippen molar-refractivity contribution in [2.75, 3.05) is 40.5 Å². The molecule has 0 radical (unpaired) electrons. The van der Waals surface area contributed by atoms with Crippen molar-refractivity contribution in [1.29, 1.82) is 0 Å². The first-order valence-electron chi connectivity index (χ1n) is 7.01. The van der Waals surface area contributed by atoms with Gasteiger partial charge in [-0.3, -0.25) is 9.69 Å². The third-order valence-electron chi connectivity index (χ3n) is 3.54. The normalized spacial score (nSPS) is 16.2. The van der Waals surface area contributed by atoms with Crippen LogP contribution in [-0.4, -0.2) is 62.9 Å². The zero-order valence-electron chi connectivity index (χ0n) is 13.3. The quantitative estimate of drug-likeness (QED) is 0.608. The van der Waals surface area contributed by atoms with Crippen LogP contribution in [0.1, 0.15) is 34.1 Å². The summed E-state index contributed by atoms with van der Waals surface area (Å²) in [6, 6.07) is 0.346. The van der Waals surface area contributed by atoms with E-state index in [-0.39, 0.29) is 5.97 Å². The summed E-state index contributed by atoms with van der Waals surface area (Å²) in [5, 5.41) is 3.23. The standard InChI is InChI=1S/C14H30N2O3/c1-7-15-14(4,13(17)19-6)9-10-16(8-2)12(3)11-18-5/h12,15H,7-11H2,1-6H3. The highest BCUT2D eigenvalue weighted by Crippen LogP contribution is 2.14. The van der Waals surface area contributed by atoms with Gasteiger partial charge in [0.05, 0.1) is 13.7 Å². The summed E-state index contributed by atoms with van der Waals surface area (Å²) in [5.74, 6) is -0.204. The summed E-state index contributed by atoms with van der Waals surface area (Å²) in [5.41, 5.74) is -0.621. The van der Waals surface area contributed by atoms with E-state index < -0.39 is 5.54 Å². The number of rotatable bonds is 10. The van der Waals surface area contributed by atoms with Gasteiger partial charge in [-0.2, -0.15) is 0 Å². The van der Waals surface area contributed by atoms with Crippen LogP contribution in [0.3, 0.4) is 0 Å². The van der Waals surface area contributed by atoms with Crippen molar-refractivity contribution in [3.63, 3.8) is 0 Å². The molecule has 0 heterocycles. The van der Waals surface area contributed by atoms with E-state index >= 15 is 0 Å². The summed E-state index contributed by atoms with van der Waals surface area (Å²) < 4.78 is 10.1. The number of nitrogens with one attached hydrogen (secondary N) is 1. The highest BCUT2D eigenvalue weighted by atomic mass is 16.5. The van der Waals surface area contributed by atoms with E-state index in [2.05, 4.69) is 24.1 Å². The maximum Gasteiger partial charge on any atom is 0.325 e. The van der Waals surface area contributed by atoms with E-state index in [4.69, 9.17) is 9.47 Å². The Bertz CT molecular complexity index is 261. The minimum Gasteiger partial charge on any atom is -0.468 e. The summed E-state index contributed by atoms with van der Waals surface area (Å²) in [7, 11) is 3.14. The van der Waals surface area contributed by atoms with E-state index in [1.807, 2.05) is 13.8 Å². The number of ether oxygens (including phenoxy) is 2. The number of nitrogens with zero attached hydrogens (tertiary/aromatic N) is 1. The maximum absolute atomic E-state index is 11.9. The predicted octanol–water partition coefficient (Wildman–Crippen LogP) is 1.27. The second-order valence-corrected chi connectivity index (χ2v) is 5.04. The maximum atomic E-state index is 11.9. The number of methoxy groups -OCH3 is 2. The number of carbonyl (C=O) groups excluding carboxylic acids is 1. The van der Waals surface area contributed by atoms with Gasteiger partial charge < -0.3 is 14.8 Å². The summed E-state index contributed by atoms with van der Waals surface area (Å²) in [6.45, 7) is 11.4. The number of esters is 1. The van der Waals surface area contributed by atoms with Gasteiger partial charge in [0.25, 0.3) is 0 Å². The van der Waals surface area contributed by atoms with Crippen molar-refractivity contribution in [1.82, 2.24) is 10.2 Å². The van der Waals surface area contributed by atoms with Crippen LogP contribution in [0.25, 0.3) is 0 Å². The molecule has 0 aliphatic carbocycles. The molecule has 0 fully saturated rings. The molecule has 5 heteroatoms. The van der Waals surface area contributed by atoms with E-state index in [9.17, 15) is 4.79 Å². The van der Waals surface area contributed by atoms with Crippen molar-refractivity contribution >= 4 is 5.97 Å². The van der Waals surface area contributed by atoms with Crippen LogP contribution in [0.2, 0.25) is 0 Å². The molecule has 2 unspecified atom stereocenters. The molecular formula is C14H30N2O3. The van der Waals surface area contributed by atoms with Gasteiger partial charge in [0.15, 0.2) is 0 Å². The topological polar surface area (TPSA) is 50.8 Å². The zero-order valence-corrected chi connectivity index (χ0v) is 13.3. The lowest BCUT2D eigenvalue weighted by Gasteiger charge is -2.33. The van der Waals surface area contributed by atoms with E-state index in [0.717, 1.165) is 26.1 Å². The molecule has 0 spiro atoms. The summed E-state index contributed by atoms with van der Waals surface area (Å²) in [6.07, 6.45) is 0.718. The van der Waals surface area contributed by atoms with Gasteiger partial charge in [-0.05, 0) is 33.4 Å². The van der Waals surface area contributed by atoms with Crippen molar-refractivity contribution in [2.45, 2.75) is 45.7 Å². The smallest absolute Gasteiger partial charge is 0.325 e. The van der Waals surface area contributed by atoms with Gasteiger partial charge in [0.2, 0.25) is 0 Å². The molecule has 0 aliphatic rings. The fraction of sp³-hybridized carbons (Fsp3) is 0.929. The highest BCUT2D eigenvalue weighted by molar-refractivity contribution is 5.80. The van der Waals surface area contributed by atoms with Crippen LogP contribution in [0, 0.1) is 0 Å². The molecule has 0 aromatic carbocycles. The molecule has 0 aliphatic heterocycles. The molecule has 114 valence electrons. The third-order valence-corrected chi connectivity index (χ3v) is 3.54. The van der Waals surface area contributed by atoms with Gasteiger partial charge in [0, 0.05) is 19.7 Å². The van der Waals surface area contributed by atoms with Crippen LogP contribution in [0.15, 0.2) is 0 Å². The molecule has 0 rings (SSSR count). The molecule has 2 atom stereocenters. The van der Waals surface area contributed by atoms with Gasteiger partial charge in [0.1, 0.15) is 5.54 Å². The van der Waals surface area contributed by atoms with Crippen LogP contribution in [-0.2, 0) is 14.3 Å². The van der Waals surface area contributed by atoms with Gasteiger partial charge in [-0.25, -0.2) is 0 Å². The molecule has 5 nitrogen and oxygen atoms in total. The lowest BCUT2D eigenvalue weighted by atomic mass is 9.97. The number of carbonyl (C=O) groups is 1. The lowest BCUT2D eigenvalue weighted by Crippen LogP contribution is -2.52. The Labute approximate surface area is 117 Å². The minimum absolute atomic E-state index is 0.204. The average Bonchev–Trinajstić information content (AvgIpc) is 2.39. The molecule has 19 heavy (non-hydrogen) atoms. The van der Waals surface area contributed by atoms with Crippen LogP contribution >= 0.6 is 0 Å². The molecule has 0 saturated carbocycles. The average molecular weight is 274 g/mol. The van der Waals surface area contributed by atoms with Crippen molar-refractivity contribution in [3.8, 4) is 0 Å². The Morgan fingerprint density at radius 3 is 2.42 bits per heavy atom. The first-order valence-corrected chi connectivity index (χ1v) is 7.01. The minimum atomic E-state index is -0.621. The second kappa shape index (κ2) is 9.28. The zero-order chi connectivity index (χ0) is 14.9. The fourth-order valence-electron chi connectivity index (χ4n) is 2.28. The van der Waals surface area contributed by atoms with Crippen molar-refractivity contribution in [2.24, 2.45) is 0 Å². The second-order valence-electron chi connectivity index (χ2n) is 5.04. The monoisotopic (exact) mass is 274 g/mol. The number of hydrogen-bond acceptors (Lipinski definition) is 5. The van der Waals surface area contributed by atoms with E-state index in [1.165, 1.54) is 7.11 Å². The van der Waals surface area contributed by atoms with E-state index in [0.29, 0.717) is 12.6 Å².